The van der Waals surface area contributed by atoms with Crippen LogP contribution < -0.4 is 5.32 Å². The molecule has 3 nitrogen and oxygen atoms in total. The molecule has 0 radical (unpaired) electrons. The summed E-state index contributed by atoms with van der Waals surface area (Å²) in [6.45, 7) is 6.23. The number of carbonyl (C=O) groups excluding carboxylic acids is 1. The van der Waals surface area contributed by atoms with Crippen LogP contribution in [-0.2, 0) is 4.74 Å². The molecule has 1 fully saturated rings. The zero-order chi connectivity index (χ0) is 12.9. The van der Waals surface area contributed by atoms with E-state index in [1.807, 2.05) is 20.8 Å². The summed E-state index contributed by atoms with van der Waals surface area (Å²) in [5, 5.41) is 2.86. The quantitative estimate of drug-likeness (QED) is 0.787. The summed E-state index contributed by atoms with van der Waals surface area (Å²) in [6.07, 6.45) is 5.57. The first-order valence-corrected chi connectivity index (χ1v) is 6.93. The fourth-order valence-electron chi connectivity index (χ4n) is 2.23. The molecule has 1 rings (SSSR count). The van der Waals surface area contributed by atoms with Crippen LogP contribution in [0.3, 0.4) is 0 Å². The molecule has 0 aliphatic heterocycles. The van der Waals surface area contributed by atoms with E-state index >= 15 is 0 Å². The lowest BCUT2D eigenvalue weighted by Gasteiger charge is -2.35. The molecule has 100 valence electrons. The number of alkyl carbamates (subject to hydrolysis) is 1. The van der Waals surface area contributed by atoms with E-state index in [1.54, 1.807) is 0 Å². The van der Waals surface area contributed by atoms with E-state index < -0.39 is 5.60 Å². The van der Waals surface area contributed by atoms with Crippen molar-refractivity contribution in [2.24, 2.45) is 5.41 Å². The van der Waals surface area contributed by atoms with Crippen molar-refractivity contribution in [2.75, 3.05) is 12.4 Å². The Morgan fingerprint density at radius 2 is 1.88 bits per heavy atom. The summed E-state index contributed by atoms with van der Waals surface area (Å²) in [7, 11) is 0. The van der Waals surface area contributed by atoms with Crippen molar-refractivity contribution in [3.63, 3.8) is 0 Å². The molecule has 0 aromatic rings. The Balaban J connectivity index is 2.39. The number of hydrogen-bond acceptors (Lipinski definition) is 2. The van der Waals surface area contributed by atoms with E-state index in [0.29, 0.717) is 12.4 Å². The predicted molar refractivity (Wildman–Crippen MR) is 70.5 cm³/mol. The molecule has 1 saturated carbocycles. The van der Waals surface area contributed by atoms with Crippen LogP contribution in [0.4, 0.5) is 4.79 Å². The van der Waals surface area contributed by atoms with Gasteiger partial charge in [-0.3, -0.25) is 0 Å². The maximum Gasteiger partial charge on any atom is 0.407 e. The molecule has 17 heavy (non-hydrogen) atoms. The smallest absolute Gasteiger partial charge is 0.407 e. The van der Waals surface area contributed by atoms with Gasteiger partial charge in [-0.25, -0.2) is 4.79 Å². The van der Waals surface area contributed by atoms with Gasteiger partial charge >= 0.3 is 6.09 Å². The van der Waals surface area contributed by atoms with Crippen LogP contribution >= 0.6 is 11.6 Å². The molecule has 0 unspecified atom stereocenters. The Hall–Kier alpha value is -0.440. The van der Waals surface area contributed by atoms with Crippen molar-refractivity contribution < 1.29 is 9.53 Å². The normalized spacial score (nSPS) is 19.8. The second kappa shape index (κ2) is 5.94. The highest BCUT2D eigenvalue weighted by atomic mass is 35.5. The number of nitrogens with one attached hydrogen (secondary N) is 1. The average Bonchev–Trinajstić information content (AvgIpc) is 2.25. The molecule has 0 heterocycles. The standard InChI is InChI=1S/C13H24ClNO2/c1-12(2,3)17-11(16)15-10-13(9-14)7-5-4-6-8-13/h4-10H2,1-3H3,(H,15,16). The largest absolute Gasteiger partial charge is 0.444 e. The van der Waals surface area contributed by atoms with Gasteiger partial charge in [0, 0.05) is 17.8 Å². The van der Waals surface area contributed by atoms with Gasteiger partial charge in [0.25, 0.3) is 0 Å². The van der Waals surface area contributed by atoms with Crippen LogP contribution in [0.25, 0.3) is 0 Å². The second-order valence-electron chi connectivity index (χ2n) is 6.05. The van der Waals surface area contributed by atoms with Gasteiger partial charge < -0.3 is 10.1 Å². The van der Waals surface area contributed by atoms with Crippen LogP contribution in [0.1, 0.15) is 52.9 Å². The van der Waals surface area contributed by atoms with E-state index in [2.05, 4.69) is 5.32 Å². The Bertz CT molecular complexity index is 255. The summed E-state index contributed by atoms with van der Waals surface area (Å²) in [5.41, 5.74) is -0.360. The predicted octanol–water partition coefficient (Wildman–Crippen LogP) is 3.70. The SMILES string of the molecule is CC(C)(C)OC(=O)NCC1(CCl)CCCCC1. The van der Waals surface area contributed by atoms with Gasteiger partial charge in [-0.1, -0.05) is 19.3 Å². The molecule has 4 heteroatoms. The van der Waals surface area contributed by atoms with Crippen LogP contribution in [-0.4, -0.2) is 24.1 Å². The minimum atomic E-state index is -0.440. The molecule has 0 spiro atoms. The van der Waals surface area contributed by atoms with Gasteiger partial charge in [-0.2, -0.15) is 0 Å². The molecule has 1 aliphatic carbocycles. The fraction of sp³-hybridized carbons (Fsp3) is 0.923. The molecular weight excluding hydrogens is 238 g/mol. The molecule has 1 amide bonds. The van der Waals surface area contributed by atoms with E-state index in [-0.39, 0.29) is 11.5 Å². The number of rotatable bonds is 3. The van der Waals surface area contributed by atoms with Crippen LogP contribution in [0.2, 0.25) is 0 Å². The number of alkyl halides is 1. The summed E-state index contributed by atoms with van der Waals surface area (Å²) in [4.78, 5) is 11.6. The molecule has 0 bridgehead atoms. The Labute approximate surface area is 109 Å². The molecule has 0 aromatic heterocycles. The molecule has 0 atom stereocenters. The van der Waals surface area contributed by atoms with Gasteiger partial charge in [0.1, 0.15) is 5.60 Å². The third-order valence-electron chi connectivity index (χ3n) is 3.20. The molecule has 1 aliphatic rings. The summed E-state index contributed by atoms with van der Waals surface area (Å²) in [6, 6.07) is 0. The first kappa shape index (κ1) is 14.6. The summed E-state index contributed by atoms with van der Waals surface area (Å²) < 4.78 is 5.23. The van der Waals surface area contributed by atoms with E-state index in [9.17, 15) is 4.79 Å². The van der Waals surface area contributed by atoms with E-state index in [0.717, 1.165) is 12.8 Å². The lowest BCUT2D eigenvalue weighted by Crippen LogP contribution is -2.42. The Morgan fingerprint density at radius 3 is 2.35 bits per heavy atom. The monoisotopic (exact) mass is 261 g/mol. The maximum absolute atomic E-state index is 11.6. The summed E-state index contributed by atoms with van der Waals surface area (Å²) in [5.74, 6) is 0.614. The van der Waals surface area contributed by atoms with Crippen molar-refractivity contribution in [1.82, 2.24) is 5.32 Å². The Kier molecular flexibility index (Phi) is 5.11. The number of ether oxygens (including phenoxy) is 1. The van der Waals surface area contributed by atoms with Crippen molar-refractivity contribution in [3.8, 4) is 0 Å². The number of halogens is 1. The van der Waals surface area contributed by atoms with Crippen molar-refractivity contribution in [1.29, 1.82) is 0 Å². The number of hydrogen-bond donors (Lipinski definition) is 1. The third-order valence-corrected chi connectivity index (χ3v) is 3.77. The highest BCUT2D eigenvalue weighted by Gasteiger charge is 2.32. The molecule has 0 saturated heterocycles. The Morgan fingerprint density at radius 1 is 1.29 bits per heavy atom. The first-order chi connectivity index (χ1) is 7.87. The number of amides is 1. The minimum absolute atomic E-state index is 0.0801. The molecular formula is C13H24ClNO2. The van der Waals surface area contributed by atoms with Crippen LogP contribution in [0.15, 0.2) is 0 Å². The second-order valence-corrected chi connectivity index (χ2v) is 6.32. The van der Waals surface area contributed by atoms with E-state index in [4.69, 9.17) is 16.3 Å². The maximum atomic E-state index is 11.6. The zero-order valence-electron chi connectivity index (χ0n) is 11.1. The van der Waals surface area contributed by atoms with Crippen molar-refractivity contribution >= 4 is 17.7 Å². The highest BCUT2D eigenvalue weighted by molar-refractivity contribution is 6.18. The highest BCUT2D eigenvalue weighted by Crippen LogP contribution is 2.36. The van der Waals surface area contributed by atoms with Crippen molar-refractivity contribution in [2.45, 2.75) is 58.5 Å². The number of carbonyl (C=O) groups is 1. The van der Waals surface area contributed by atoms with Crippen molar-refractivity contribution in [3.05, 3.63) is 0 Å². The zero-order valence-corrected chi connectivity index (χ0v) is 11.9. The summed E-state index contributed by atoms with van der Waals surface area (Å²) >= 11 is 6.06. The minimum Gasteiger partial charge on any atom is -0.444 e. The van der Waals surface area contributed by atoms with Gasteiger partial charge in [-0.05, 0) is 33.6 Å². The lowest BCUT2D eigenvalue weighted by atomic mass is 9.75. The average molecular weight is 262 g/mol. The van der Waals surface area contributed by atoms with Crippen LogP contribution in [0, 0.1) is 5.41 Å². The first-order valence-electron chi connectivity index (χ1n) is 6.40. The van der Waals surface area contributed by atoms with Crippen LogP contribution in [0.5, 0.6) is 0 Å². The fourth-order valence-corrected chi connectivity index (χ4v) is 2.60. The van der Waals surface area contributed by atoms with E-state index in [1.165, 1.54) is 19.3 Å². The van der Waals surface area contributed by atoms with Gasteiger partial charge in [-0.15, -0.1) is 11.6 Å². The molecule has 0 aromatic carbocycles. The van der Waals surface area contributed by atoms with Gasteiger partial charge in [0.05, 0.1) is 0 Å². The lowest BCUT2D eigenvalue weighted by molar-refractivity contribution is 0.0492. The van der Waals surface area contributed by atoms with Gasteiger partial charge in [0.15, 0.2) is 0 Å². The third kappa shape index (κ3) is 5.15. The topological polar surface area (TPSA) is 38.3 Å². The van der Waals surface area contributed by atoms with Gasteiger partial charge in [0.2, 0.25) is 0 Å². The molecule has 1 N–H and O–H groups in total.